The van der Waals surface area contributed by atoms with Gasteiger partial charge in [-0.2, -0.15) is 13.2 Å². The number of nitrogens with one attached hydrogen (secondary N) is 1. The van der Waals surface area contributed by atoms with Crippen LogP contribution in [0.25, 0.3) is 0 Å². The van der Waals surface area contributed by atoms with E-state index in [1.54, 1.807) is 6.07 Å². The molecule has 7 nitrogen and oxygen atoms in total. The molecule has 0 spiro atoms. The number of alkyl halides is 3. The number of amides is 2. The number of carbonyl (C=O) groups is 2. The van der Waals surface area contributed by atoms with Crippen molar-refractivity contribution >= 4 is 27.5 Å². The molecule has 0 fully saturated rings. The molecule has 3 rings (SSSR count). The predicted molar refractivity (Wildman–Crippen MR) is 157 cm³/mol. The highest BCUT2D eigenvalue weighted by Crippen LogP contribution is 2.32. The van der Waals surface area contributed by atoms with Crippen LogP contribution in [0.5, 0.6) is 0 Å². The van der Waals surface area contributed by atoms with Gasteiger partial charge >= 0.3 is 6.18 Å². The Morgan fingerprint density at radius 1 is 0.905 bits per heavy atom. The molecule has 0 aliphatic rings. The number of hydrogen-bond donors (Lipinski definition) is 1. The van der Waals surface area contributed by atoms with E-state index in [-0.39, 0.29) is 24.6 Å². The molecule has 0 aromatic heterocycles. The molecular formula is C31H36F3N3O4S. The second kappa shape index (κ2) is 13.9. The minimum atomic E-state index is -4.71. The van der Waals surface area contributed by atoms with Crippen molar-refractivity contribution in [1.29, 1.82) is 0 Å². The lowest BCUT2D eigenvalue weighted by molar-refractivity contribution is -0.140. The molecule has 2 amide bonds. The lowest BCUT2D eigenvalue weighted by atomic mass is 10.0. The van der Waals surface area contributed by atoms with Gasteiger partial charge in [0.2, 0.25) is 21.8 Å². The van der Waals surface area contributed by atoms with Gasteiger partial charge in [-0.05, 0) is 42.2 Å². The van der Waals surface area contributed by atoms with E-state index in [2.05, 4.69) is 5.32 Å². The van der Waals surface area contributed by atoms with Crippen molar-refractivity contribution in [2.24, 2.45) is 5.92 Å². The minimum Gasteiger partial charge on any atom is -0.354 e. The molecule has 0 saturated carbocycles. The average Bonchev–Trinajstić information content (AvgIpc) is 2.91. The second-order valence-corrected chi connectivity index (χ2v) is 12.6. The third kappa shape index (κ3) is 9.34. The Morgan fingerprint density at radius 2 is 1.55 bits per heavy atom. The number of halogens is 3. The van der Waals surface area contributed by atoms with Gasteiger partial charge in [-0.15, -0.1) is 0 Å². The van der Waals surface area contributed by atoms with E-state index in [1.807, 2.05) is 69.3 Å². The molecule has 0 aliphatic heterocycles. The molecule has 3 aromatic carbocycles. The van der Waals surface area contributed by atoms with Crippen LogP contribution in [0.4, 0.5) is 18.9 Å². The summed E-state index contributed by atoms with van der Waals surface area (Å²) in [6, 6.07) is 19.2. The monoisotopic (exact) mass is 603 g/mol. The van der Waals surface area contributed by atoms with E-state index >= 15 is 0 Å². The summed E-state index contributed by atoms with van der Waals surface area (Å²) < 4.78 is 66.6. The molecule has 11 heteroatoms. The summed E-state index contributed by atoms with van der Waals surface area (Å²) in [5.74, 6) is -1.02. The van der Waals surface area contributed by atoms with Crippen molar-refractivity contribution < 1.29 is 31.2 Å². The third-order valence-electron chi connectivity index (χ3n) is 6.53. The molecule has 3 aromatic rings. The van der Waals surface area contributed by atoms with Gasteiger partial charge in [-0.25, -0.2) is 8.42 Å². The van der Waals surface area contributed by atoms with Crippen LogP contribution in [0.2, 0.25) is 0 Å². The number of sulfonamides is 1. The Bertz CT molecular complexity index is 1480. The Labute approximate surface area is 245 Å². The second-order valence-electron chi connectivity index (χ2n) is 10.7. The van der Waals surface area contributed by atoms with E-state index in [0.717, 1.165) is 29.5 Å². The van der Waals surface area contributed by atoms with E-state index < -0.39 is 46.2 Å². The molecule has 226 valence electrons. The summed E-state index contributed by atoms with van der Waals surface area (Å²) in [7, 11) is -4.20. The number of benzene rings is 3. The van der Waals surface area contributed by atoms with Crippen LogP contribution in [0, 0.1) is 12.8 Å². The van der Waals surface area contributed by atoms with Crippen LogP contribution in [-0.2, 0) is 38.8 Å². The van der Waals surface area contributed by atoms with Gasteiger partial charge in [0, 0.05) is 19.5 Å². The van der Waals surface area contributed by atoms with Crippen molar-refractivity contribution in [2.45, 2.75) is 46.0 Å². The topological polar surface area (TPSA) is 86.8 Å². The highest BCUT2D eigenvalue weighted by molar-refractivity contribution is 7.92. The number of rotatable bonds is 12. The molecule has 0 heterocycles. The molecule has 0 unspecified atom stereocenters. The molecule has 0 bridgehead atoms. The number of carbonyl (C=O) groups excluding carboxylic acids is 2. The Hall–Kier alpha value is -3.86. The quantitative estimate of drug-likeness (QED) is 0.309. The standard InChI is InChI=1S/C31H36F3N3O4S/c1-22(2)19-35-30(39)28(17-24-11-6-5-7-12-24)36(20-25-13-8-10-23(3)16-25)29(38)21-37(42(4,40)41)27-15-9-14-26(18-27)31(32,33)34/h5-16,18,22,28H,17,19-21H2,1-4H3,(H,35,39)/t28-/m1/s1. The molecule has 1 atom stereocenters. The van der Waals surface area contributed by atoms with Crippen molar-refractivity contribution in [3.63, 3.8) is 0 Å². The van der Waals surface area contributed by atoms with Gasteiger partial charge in [0.1, 0.15) is 12.6 Å². The molecule has 42 heavy (non-hydrogen) atoms. The van der Waals surface area contributed by atoms with E-state index in [1.165, 1.54) is 11.0 Å². The average molecular weight is 604 g/mol. The Morgan fingerprint density at radius 3 is 2.14 bits per heavy atom. The van der Waals surface area contributed by atoms with Crippen LogP contribution in [-0.4, -0.2) is 50.5 Å². The van der Waals surface area contributed by atoms with Crippen LogP contribution < -0.4 is 9.62 Å². The zero-order chi connectivity index (χ0) is 31.1. The smallest absolute Gasteiger partial charge is 0.354 e. The number of aryl methyl sites for hydroxylation is 1. The molecule has 1 N–H and O–H groups in total. The summed E-state index contributed by atoms with van der Waals surface area (Å²) in [4.78, 5) is 28.9. The van der Waals surface area contributed by atoms with Crippen molar-refractivity contribution in [2.75, 3.05) is 23.7 Å². The van der Waals surface area contributed by atoms with Crippen LogP contribution in [0.1, 0.15) is 36.1 Å². The summed E-state index contributed by atoms with van der Waals surface area (Å²) in [5, 5.41) is 2.88. The van der Waals surface area contributed by atoms with Gasteiger partial charge in [-0.3, -0.25) is 13.9 Å². The zero-order valence-corrected chi connectivity index (χ0v) is 24.9. The lowest BCUT2D eigenvalue weighted by Gasteiger charge is -2.33. The van der Waals surface area contributed by atoms with Crippen molar-refractivity contribution in [3.8, 4) is 0 Å². The van der Waals surface area contributed by atoms with Gasteiger partial charge in [0.15, 0.2) is 0 Å². The van der Waals surface area contributed by atoms with Gasteiger partial charge in [0.05, 0.1) is 17.5 Å². The number of nitrogens with zero attached hydrogens (tertiary/aromatic N) is 2. The fraction of sp³-hybridized carbons (Fsp3) is 0.355. The van der Waals surface area contributed by atoms with Crippen LogP contribution in [0.3, 0.4) is 0 Å². The first-order valence-electron chi connectivity index (χ1n) is 13.5. The maximum absolute atomic E-state index is 14.0. The first-order valence-corrected chi connectivity index (χ1v) is 15.3. The van der Waals surface area contributed by atoms with Crippen LogP contribution in [0.15, 0.2) is 78.9 Å². The largest absolute Gasteiger partial charge is 0.416 e. The summed E-state index contributed by atoms with van der Waals surface area (Å²) in [6.45, 7) is 5.28. The van der Waals surface area contributed by atoms with Gasteiger partial charge in [0.25, 0.3) is 0 Å². The number of anilines is 1. The normalized spacial score (nSPS) is 12.6. The molecular weight excluding hydrogens is 567 g/mol. The highest BCUT2D eigenvalue weighted by atomic mass is 32.2. The van der Waals surface area contributed by atoms with E-state index in [4.69, 9.17) is 0 Å². The van der Waals surface area contributed by atoms with Crippen molar-refractivity contribution in [1.82, 2.24) is 10.2 Å². The maximum Gasteiger partial charge on any atom is 0.416 e. The SMILES string of the molecule is Cc1cccc(CN(C(=O)CN(c2cccc(C(F)(F)F)c2)S(C)(=O)=O)[C@H](Cc2ccccc2)C(=O)NCC(C)C)c1. The first kappa shape index (κ1) is 32.7. The molecule has 0 aliphatic carbocycles. The van der Waals surface area contributed by atoms with Gasteiger partial charge in [-0.1, -0.05) is 80.1 Å². The molecule has 0 radical (unpaired) electrons. The Kier molecular flexibility index (Phi) is 10.8. The predicted octanol–water partition coefficient (Wildman–Crippen LogP) is 5.19. The van der Waals surface area contributed by atoms with Crippen LogP contribution >= 0.6 is 0 Å². The molecule has 0 saturated heterocycles. The Balaban J connectivity index is 2.07. The zero-order valence-electron chi connectivity index (χ0n) is 24.1. The summed E-state index contributed by atoms with van der Waals surface area (Å²) >= 11 is 0. The lowest BCUT2D eigenvalue weighted by Crippen LogP contribution is -2.53. The summed E-state index contributed by atoms with van der Waals surface area (Å²) in [5.41, 5.74) is 1.06. The fourth-order valence-electron chi connectivity index (χ4n) is 4.43. The maximum atomic E-state index is 14.0. The van der Waals surface area contributed by atoms with Gasteiger partial charge < -0.3 is 10.2 Å². The third-order valence-corrected chi connectivity index (χ3v) is 7.67. The fourth-order valence-corrected chi connectivity index (χ4v) is 5.28. The highest BCUT2D eigenvalue weighted by Gasteiger charge is 2.35. The number of hydrogen-bond acceptors (Lipinski definition) is 4. The first-order chi connectivity index (χ1) is 19.6. The van der Waals surface area contributed by atoms with E-state index in [9.17, 15) is 31.2 Å². The van der Waals surface area contributed by atoms with E-state index in [0.29, 0.717) is 22.5 Å². The summed E-state index contributed by atoms with van der Waals surface area (Å²) in [6.07, 6.45) is -3.75. The van der Waals surface area contributed by atoms with Crippen molar-refractivity contribution in [3.05, 3.63) is 101 Å². The minimum absolute atomic E-state index is 0.0205.